The molecule has 0 aliphatic rings. The number of sulfonamides is 1. The Morgan fingerprint density at radius 1 is 1.41 bits per heavy atom. The van der Waals surface area contributed by atoms with Gasteiger partial charge in [-0.1, -0.05) is 15.9 Å². The Labute approximate surface area is 109 Å². The zero-order valence-electron chi connectivity index (χ0n) is 9.20. The van der Waals surface area contributed by atoms with E-state index in [1.54, 1.807) is 18.2 Å². The van der Waals surface area contributed by atoms with Crippen molar-refractivity contribution in [3.05, 3.63) is 28.2 Å². The van der Waals surface area contributed by atoms with Crippen molar-refractivity contribution >= 4 is 31.6 Å². The first kappa shape index (κ1) is 14.0. The Morgan fingerprint density at radius 3 is 2.71 bits per heavy atom. The second kappa shape index (κ2) is 6.00. The molecule has 7 heteroatoms. The first-order chi connectivity index (χ1) is 7.92. The van der Waals surface area contributed by atoms with Gasteiger partial charge < -0.3 is 5.32 Å². The normalized spacial score (nSPS) is 10.9. The number of anilines is 1. The molecule has 0 spiro atoms. The number of rotatable bonds is 5. The number of benzene rings is 1. The van der Waals surface area contributed by atoms with E-state index in [9.17, 15) is 8.42 Å². The van der Waals surface area contributed by atoms with E-state index in [1.165, 1.54) is 0 Å². The van der Waals surface area contributed by atoms with Crippen LogP contribution in [0.3, 0.4) is 0 Å². The van der Waals surface area contributed by atoms with Crippen molar-refractivity contribution in [2.75, 3.05) is 24.7 Å². The number of nitrogens with one attached hydrogen (secondary N) is 2. The lowest BCUT2D eigenvalue weighted by Gasteiger charge is -2.08. The highest BCUT2D eigenvalue weighted by molar-refractivity contribution is 9.10. The third kappa shape index (κ3) is 5.17. The van der Waals surface area contributed by atoms with E-state index >= 15 is 0 Å². The van der Waals surface area contributed by atoms with Crippen LogP contribution >= 0.6 is 15.9 Å². The summed E-state index contributed by atoms with van der Waals surface area (Å²) in [4.78, 5) is 0. The topological polar surface area (TPSA) is 82.0 Å². The molecule has 0 fully saturated rings. The molecule has 2 N–H and O–H groups in total. The molecule has 0 aliphatic carbocycles. The molecule has 0 saturated carbocycles. The average Bonchev–Trinajstić information content (AvgIpc) is 2.23. The van der Waals surface area contributed by atoms with Crippen LogP contribution in [0.15, 0.2) is 22.7 Å². The highest BCUT2D eigenvalue weighted by Gasteiger charge is 2.03. The predicted molar refractivity (Wildman–Crippen MR) is 70.2 cm³/mol. The smallest absolute Gasteiger partial charge is 0.208 e. The minimum absolute atomic E-state index is 0.274. The summed E-state index contributed by atoms with van der Waals surface area (Å²) in [6.45, 7) is 0.689. The molecule has 0 aliphatic heterocycles. The molecule has 5 nitrogen and oxygen atoms in total. The van der Waals surface area contributed by atoms with Crippen molar-refractivity contribution < 1.29 is 8.42 Å². The summed E-state index contributed by atoms with van der Waals surface area (Å²) in [6, 6.07) is 7.30. The highest BCUT2D eigenvalue weighted by atomic mass is 79.9. The zero-order chi connectivity index (χ0) is 12.9. The molecule has 0 saturated heterocycles. The molecule has 0 amide bonds. The van der Waals surface area contributed by atoms with E-state index in [2.05, 4.69) is 32.0 Å². The molecule has 1 aromatic carbocycles. The molecule has 0 heterocycles. The Kier molecular flexibility index (Phi) is 4.93. The Hall–Kier alpha value is -1.10. The summed E-state index contributed by atoms with van der Waals surface area (Å²) < 4.78 is 24.9. The quantitative estimate of drug-likeness (QED) is 0.801. The number of halogens is 1. The fraction of sp³-hybridized carbons (Fsp3) is 0.300. The van der Waals surface area contributed by atoms with Crippen LogP contribution in [0.4, 0.5) is 5.69 Å². The fourth-order valence-electron chi connectivity index (χ4n) is 1.19. The Balaban J connectivity index is 2.58. The van der Waals surface area contributed by atoms with Gasteiger partial charge in [-0.15, -0.1) is 0 Å². The van der Waals surface area contributed by atoms with Gasteiger partial charge in [0.2, 0.25) is 10.0 Å². The van der Waals surface area contributed by atoms with Gasteiger partial charge in [0.25, 0.3) is 0 Å². The molecule has 0 radical (unpaired) electrons. The molecule has 0 unspecified atom stereocenters. The summed E-state index contributed by atoms with van der Waals surface area (Å²) in [7, 11) is -3.17. The van der Waals surface area contributed by atoms with E-state index in [-0.39, 0.29) is 6.54 Å². The van der Waals surface area contributed by atoms with Crippen LogP contribution in [0.1, 0.15) is 5.56 Å². The zero-order valence-corrected chi connectivity index (χ0v) is 11.6. The Morgan fingerprint density at radius 2 is 2.12 bits per heavy atom. The summed E-state index contributed by atoms with van der Waals surface area (Å²) in [5.74, 6) is 0. The predicted octanol–water partition coefficient (Wildman–Crippen LogP) is 1.28. The highest BCUT2D eigenvalue weighted by Crippen LogP contribution is 2.20. The largest absolute Gasteiger partial charge is 0.383 e. The minimum atomic E-state index is -3.17. The van der Waals surface area contributed by atoms with E-state index in [0.717, 1.165) is 10.7 Å². The van der Waals surface area contributed by atoms with E-state index in [4.69, 9.17) is 5.26 Å². The molecule has 0 bridgehead atoms. The van der Waals surface area contributed by atoms with Gasteiger partial charge in [-0.05, 0) is 18.2 Å². The third-order valence-electron chi connectivity index (χ3n) is 1.91. The van der Waals surface area contributed by atoms with Gasteiger partial charge in [0, 0.05) is 17.6 Å². The van der Waals surface area contributed by atoms with Crippen LogP contribution < -0.4 is 10.0 Å². The lowest BCUT2D eigenvalue weighted by atomic mass is 10.2. The first-order valence-electron chi connectivity index (χ1n) is 4.80. The average molecular weight is 318 g/mol. The van der Waals surface area contributed by atoms with Crippen molar-refractivity contribution in [3.63, 3.8) is 0 Å². The lowest BCUT2D eigenvalue weighted by molar-refractivity contribution is 0.589. The van der Waals surface area contributed by atoms with Crippen molar-refractivity contribution in [1.82, 2.24) is 4.72 Å². The van der Waals surface area contributed by atoms with Gasteiger partial charge in [0.05, 0.1) is 17.5 Å². The molecule has 92 valence electrons. The number of nitriles is 1. The van der Waals surface area contributed by atoms with Gasteiger partial charge in [-0.3, -0.25) is 0 Å². The summed E-state index contributed by atoms with van der Waals surface area (Å²) in [5.41, 5.74) is 1.20. The van der Waals surface area contributed by atoms with Crippen molar-refractivity contribution in [2.45, 2.75) is 0 Å². The van der Waals surface area contributed by atoms with Gasteiger partial charge in [-0.2, -0.15) is 5.26 Å². The van der Waals surface area contributed by atoms with Crippen LogP contribution in [0.25, 0.3) is 0 Å². The van der Waals surface area contributed by atoms with Gasteiger partial charge >= 0.3 is 0 Å². The molecule has 1 aromatic rings. The second-order valence-electron chi connectivity index (χ2n) is 3.39. The van der Waals surface area contributed by atoms with Crippen LogP contribution in [0.2, 0.25) is 0 Å². The van der Waals surface area contributed by atoms with Gasteiger partial charge in [-0.25, -0.2) is 13.1 Å². The van der Waals surface area contributed by atoms with Crippen LogP contribution in [-0.4, -0.2) is 27.8 Å². The molecule has 0 atom stereocenters. The van der Waals surface area contributed by atoms with Crippen LogP contribution in [-0.2, 0) is 10.0 Å². The molecule has 1 rings (SSSR count). The number of nitrogens with zero attached hydrogens (tertiary/aromatic N) is 1. The molecule has 0 aromatic heterocycles. The van der Waals surface area contributed by atoms with Crippen LogP contribution in [0.5, 0.6) is 0 Å². The summed E-state index contributed by atoms with van der Waals surface area (Å²) >= 11 is 3.31. The Bertz CT molecular complexity index is 537. The van der Waals surface area contributed by atoms with E-state index in [1.807, 2.05) is 0 Å². The first-order valence-corrected chi connectivity index (χ1v) is 7.49. The number of hydrogen-bond acceptors (Lipinski definition) is 4. The van der Waals surface area contributed by atoms with Gasteiger partial charge in [0.15, 0.2) is 0 Å². The van der Waals surface area contributed by atoms with E-state index in [0.29, 0.717) is 17.8 Å². The maximum atomic E-state index is 10.8. The van der Waals surface area contributed by atoms with Gasteiger partial charge in [0.1, 0.15) is 6.07 Å². The standard InChI is InChI=1S/C10H12BrN3O2S/c1-17(15,16)14-5-4-13-10-6-9(11)3-2-8(10)7-12/h2-3,6,13-14H,4-5H2,1H3. The SMILES string of the molecule is CS(=O)(=O)NCCNc1cc(Br)ccc1C#N. The number of hydrogen-bond donors (Lipinski definition) is 2. The molecular weight excluding hydrogens is 306 g/mol. The van der Waals surface area contributed by atoms with E-state index < -0.39 is 10.0 Å². The van der Waals surface area contributed by atoms with Crippen LogP contribution in [0, 0.1) is 11.3 Å². The molecule has 17 heavy (non-hydrogen) atoms. The van der Waals surface area contributed by atoms with Crippen molar-refractivity contribution in [3.8, 4) is 6.07 Å². The maximum absolute atomic E-state index is 10.8. The van der Waals surface area contributed by atoms with Crippen molar-refractivity contribution in [2.24, 2.45) is 0 Å². The maximum Gasteiger partial charge on any atom is 0.208 e. The third-order valence-corrected chi connectivity index (χ3v) is 3.13. The minimum Gasteiger partial charge on any atom is -0.383 e. The summed E-state index contributed by atoms with van der Waals surface area (Å²) in [5, 5.41) is 11.9. The molecular formula is C10H12BrN3O2S. The fourth-order valence-corrected chi connectivity index (χ4v) is 2.03. The lowest BCUT2D eigenvalue weighted by Crippen LogP contribution is -2.27. The monoisotopic (exact) mass is 317 g/mol. The van der Waals surface area contributed by atoms with Crippen molar-refractivity contribution in [1.29, 1.82) is 5.26 Å². The summed E-state index contributed by atoms with van der Waals surface area (Å²) in [6.07, 6.45) is 1.10. The second-order valence-corrected chi connectivity index (χ2v) is 6.14.